The van der Waals surface area contributed by atoms with Crippen molar-refractivity contribution >= 4 is 41.3 Å². The van der Waals surface area contributed by atoms with Crippen LogP contribution in [0, 0.1) is 0 Å². The summed E-state index contributed by atoms with van der Waals surface area (Å²) in [4.78, 5) is 8.40. The summed E-state index contributed by atoms with van der Waals surface area (Å²) in [6.45, 7) is 4.57. The SMILES string of the molecule is CCNC(=NCc1ccn(C2CCCC2)n1)N(C)CCc1cccs1.I. The number of nitrogens with zero attached hydrogens (tertiary/aromatic N) is 4. The van der Waals surface area contributed by atoms with Gasteiger partial charge in [-0.25, -0.2) is 4.99 Å². The third-order valence-electron chi connectivity index (χ3n) is 4.72. The average molecular weight is 487 g/mol. The largest absolute Gasteiger partial charge is 0.357 e. The lowest BCUT2D eigenvalue weighted by molar-refractivity contribution is 0.462. The fourth-order valence-corrected chi connectivity index (χ4v) is 4.00. The number of rotatable bonds is 7. The zero-order chi connectivity index (χ0) is 17.5. The molecule has 0 unspecified atom stereocenters. The summed E-state index contributed by atoms with van der Waals surface area (Å²) >= 11 is 1.82. The zero-order valence-electron chi connectivity index (χ0n) is 15.7. The molecule has 3 rings (SSSR count). The average Bonchev–Trinajstić information content (AvgIpc) is 3.38. The van der Waals surface area contributed by atoms with E-state index < -0.39 is 0 Å². The Morgan fingerprint density at radius 3 is 2.88 bits per heavy atom. The Kier molecular flexibility index (Phi) is 8.90. The molecule has 144 valence electrons. The van der Waals surface area contributed by atoms with Gasteiger partial charge < -0.3 is 10.2 Å². The van der Waals surface area contributed by atoms with Gasteiger partial charge in [0.05, 0.1) is 18.3 Å². The van der Waals surface area contributed by atoms with Crippen molar-refractivity contribution in [1.82, 2.24) is 20.0 Å². The minimum Gasteiger partial charge on any atom is -0.357 e. The second-order valence-electron chi connectivity index (χ2n) is 6.65. The molecule has 1 fully saturated rings. The molecule has 26 heavy (non-hydrogen) atoms. The summed E-state index contributed by atoms with van der Waals surface area (Å²) in [5, 5.41) is 10.3. The van der Waals surface area contributed by atoms with Crippen molar-refractivity contribution in [1.29, 1.82) is 0 Å². The van der Waals surface area contributed by atoms with Crippen molar-refractivity contribution in [2.75, 3.05) is 20.1 Å². The highest BCUT2D eigenvalue weighted by Gasteiger charge is 2.17. The summed E-state index contributed by atoms with van der Waals surface area (Å²) in [5.41, 5.74) is 1.05. The molecule has 2 aromatic heterocycles. The highest BCUT2D eigenvalue weighted by Crippen LogP contribution is 2.28. The van der Waals surface area contributed by atoms with Crippen LogP contribution in [-0.4, -0.2) is 40.8 Å². The molecule has 5 nitrogen and oxygen atoms in total. The van der Waals surface area contributed by atoms with E-state index in [4.69, 9.17) is 10.1 Å². The monoisotopic (exact) mass is 487 g/mol. The molecular weight excluding hydrogens is 457 g/mol. The van der Waals surface area contributed by atoms with Gasteiger partial charge in [0.15, 0.2) is 5.96 Å². The van der Waals surface area contributed by atoms with Gasteiger partial charge in [-0.15, -0.1) is 35.3 Å². The van der Waals surface area contributed by atoms with E-state index in [9.17, 15) is 0 Å². The zero-order valence-corrected chi connectivity index (χ0v) is 18.9. The Morgan fingerprint density at radius 2 is 2.19 bits per heavy atom. The second kappa shape index (κ2) is 10.9. The van der Waals surface area contributed by atoms with Crippen LogP contribution < -0.4 is 5.32 Å². The minimum atomic E-state index is 0. The van der Waals surface area contributed by atoms with Gasteiger partial charge in [-0.05, 0) is 43.7 Å². The van der Waals surface area contributed by atoms with E-state index in [-0.39, 0.29) is 24.0 Å². The van der Waals surface area contributed by atoms with Gasteiger partial charge in [0.1, 0.15) is 0 Å². The number of hydrogen-bond acceptors (Lipinski definition) is 3. The maximum atomic E-state index is 4.78. The van der Waals surface area contributed by atoms with Crippen molar-refractivity contribution in [3.05, 3.63) is 40.3 Å². The predicted molar refractivity (Wildman–Crippen MR) is 121 cm³/mol. The fraction of sp³-hybridized carbons (Fsp3) is 0.579. The van der Waals surface area contributed by atoms with Crippen LogP contribution in [0.25, 0.3) is 0 Å². The summed E-state index contributed by atoms with van der Waals surface area (Å²) < 4.78 is 2.14. The van der Waals surface area contributed by atoms with Crippen LogP contribution in [0.5, 0.6) is 0 Å². The van der Waals surface area contributed by atoms with E-state index in [1.54, 1.807) is 0 Å². The van der Waals surface area contributed by atoms with E-state index in [0.29, 0.717) is 12.6 Å². The molecule has 1 aliphatic rings. The predicted octanol–water partition coefficient (Wildman–Crippen LogP) is 4.32. The number of aromatic nitrogens is 2. The standard InChI is InChI=1S/C19H29N5S.HI/c1-3-20-19(23(2)12-11-18-9-6-14-25-18)21-15-16-10-13-24(22-16)17-7-4-5-8-17;/h6,9-10,13-14,17H,3-5,7-8,11-12,15H2,1-2H3,(H,20,21);1H. The van der Waals surface area contributed by atoms with Crippen LogP contribution in [0.3, 0.4) is 0 Å². The number of halogens is 1. The molecule has 2 heterocycles. The molecule has 1 N–H and O–H groups in total. The molecule has 7 heteroatoms. The Morgan fingerprint density at radius 1 is 1.38 bits per heavy atom. The minimum absolute atomic E-state index is 0. The molecule has 2 aromatic rings. The Balaban J connectivity index is 0.00000243. The molecule has 0 atom stereocenters. The van der Waals surface area contributed by atoms with Crippen LogP contribution in [0.2, 0.25) is 0 Å². The van der Waals surface area contributed by atoms with Crippen molar-refractivity contribution in [2.24, 2.45) is 4.99 Å². The molecule has 0 radical (unpaired) electrons. The molecule has 0 saturated heterocycles. The van der Waals surface area contributed by atoms with Crippen LogP contribution in [-0.2, 0) is 13.0 Å². The number of nitrogens with one attached hydrogen (secondary N) is 1. The van der Waals surface area contributed by atoms with Gasteiger partial charge in [-0.2, -0.15) is 5.10 Å². The number of guanidine groups is 1. The first-order valence-electron chi connectivity index (χ1n) is 9.32. The van der Waals surface area contributed by atoms with Gasteiger partial charge in [0.2, 0.25) is 0 Å². The highest BCUT2D eigenvalue weighted by atomic mass is 127. The molecule has 0 aliphatic heterocycles. The lowest BCUT2D eigenvalue weighted by atomic mass is 10.3. The number of thiophene rings is 1. The van der Waals surface area contributed by atoms with Crippen LogP contribution in [0.4, 0.5) is 0 Å². The van der Waals surface area contributed by atoms with E-state index in [1.165, 1.54) is 30.6 Å². The van der Waals surface area contributed by atoms with Crippen LogP contribution >= 0.6 is 35.3 Å². The first-order chi connectivity index (χ1) is 12.3. The third-order valence-corrected chi connectivity index (χ3v) is 5.66. The third kappa shape index (κ3) is 5.97. The van der Waals surface area contributed by atoms with Gasteiger partial charge in [-0.3, -0.25) is 4.68 Å². The van der Waals surface area contributed by atoms with Crippen molar-refractivity contribution in [3.63, 3.8) is 0 Å². The maximum Gasteiger partial charge on any atom is 0.194 e. The molecule has 0 spiro atoms. The summed E-state index contributed by atoms with van der Waals surface area (Å²) in [5.74, 6) is 0.953. The molecule has 1 saturated carbocycles. The van der Waals surface area contributed by atoms with E-state index in [1.807, 2.05) is 11.3 Å². The highest BCUT2D eigenvalue weighted by molar-refractivity contribution is 14.0. The first-order valence-corrected chi connectivity index (χ1v) is 10.2. The second-order valence-corrected chi connectivity index (χ2v) is 7.68. The first kappa shape index (κ1) is 21.2. The van der Waals surface area contributed by atoms with Crippen LogP contribution in [0.1, 0.15) is 49.2 Å². The Labute approximate surface area is 177 Å². The number of likely N-dealkylation sites (N-methyl/N-ethyl adjacent to an activating group) is 1. The van der Waals surface area contributed by atoms with E-state index >= 15 is 0 Å². The smallest absolute Gasteiger partial charge is 0.194 e. The fourth-order valence-electron chi connectivity index (χ4n) is 3.30. The van der Waals surface area contributed by atoms with E-state index in [0.717, 1.165) is 31.2 Å². The normalized spacial score (nSPS) is 15.1. The van der Waals surface area contributed by atoms with Gasteiger partial charge in [-0.1, -0.05) is 18.9 Å². The van der Waals surface area contributed by atoms with Gasteiger partial charge >= 0.3 is 0 Å². The topological polar surface area (TPSA) is 45.5 Å². The van der Waals surface area contributed by atoms with Crippen molar-refractivity contribution in [2.45, 2.75) is 51.6 Å². The van der Waals surface area contributed by atoms with Gasteiger partial charge in [0, 0.05) is 31.2 Å². The quantitative estimate of drug-likeness (QED) is 0.360. The Bertz CT molecular complexity index is 661. The van der Waals surface area contributed by atoms with Gasteiger partial charge in [0.25, 0.3) is 0 Å². The van der Waals surface area contributed by atoms with E-state index in [2.05, 4.69) is 58.6 Å². The lowest BCUT2D eigenvalue weighted by Gasteiger charge is -2.21. The summed E-state index contributed by atoms with van der Waals surface area (Å²) in [6, 6.07) is 7.01. The summed E-state index contributed by atoms with van der Waals surface area (Å²) in [7, 11) is 2.10. The molecule has 0 bridgehead atoms. The molecule has 1 aliphatic carbocycles. The Hall–Kier alpha value is -1.09. The number of hydrogen-bond donors (Lipinski definition) is 1. The molecule has 0 amide bonds. The molecular formula is C19H30IN5S. The van der Waals surface area contributed by atoms with Crippen LogP contribution in [0.15, 0.2) is 34.8 Å². The maximum absolute atomic E-state index is 4.78. The van der Waals surface area contributed by atoms with Crippen molar-refractivity contribution in [3.8, 4) is 0 Å². The lowest BCUT2D eigenvalue weighted by Crippen LogP contribution is -2.39. The van der Waals surface area contributed by atoms with Crippen molar-refractivity contribution < 1.29 is 0 Å². The summed E-state index contributed by atoms with van der Waals surface area (Å²) in [6.07, 6.45) is 8.36. The molecule has 0 aromatic carbocycles. The number of aliphatic imine (C=N–C) groups is 1.